The molecule has 0 saturated carbocycles. The van der Waals surface area contributed by atoms with Crippen molar-refractivity contribution in [3.8, 4) is 6.07 Å². The van der Waals surface area contributed by atoms with Crippen molar-refractivity contribution in [2.45, 2.75) is 25.4 Å². The van der Waals surface area contributed by atoms with Crippen molar-refractivity contribution in [1.82, 2.24) is 19.7 Å². The number of nitrogens with zero attached hydrogens (tertiary/aromatic N) is 6. The summed E-state index contributed by atoms with van der Waals surface area (Å²) in [5, 5.41) is 17.8. The van der Waals surface area contributed by atoms with E-state index < -0.39 is 0 Å². The summed E-state index contributed by atoms with van der Waals surface area (Å²) in [6, 6.07) is 8.60. The first-order valence-electron chi connectivity index (χ1n) is 7.89. The van der Waals surface area contributed by atoms with Gasteiger partial charge in [0, 0.05) is 33.9 Å². The lowest BCUT2D eigenvalue weighted by Crippen LogP contribution is -2.23. The lowest BCUT2D eigenvalue weighted by Gasteiger charge is -2.23. The lowest BCUT2D eigenvalue weighted by molar-refractivity contribution is 0.243. The standard InChI is InChI=1S/C17H22N6/c1-21(2)17-7-6-15(19-20-17)16-5-4-8-23(16)12-13-9-14(10-18)22(3)11-13/h6-7,9,11,16H,4-5,8,12H2,1-3H3. The van der Waals surface area contributed by atoms with Gasteiger partial charge in [-0.15, -0.1) is 5.10 Å². The van der Waals surface area contributed by atoms with Crippen LogP contribution >= 0.6 is 0 Å². The topological polar surface area (TPSA) is 61.0 Å². The highest BCUT2D eigenvalue weighted by Gasteiger charge is 2.27. The molecule has 0 N–H and O–H groups in total. The summed E-state index contributed by atoms with van der Waals surface area (Å²) in [5.74, 6) is 0.875. The number of aromatic nitrogens is 3. The molecule has 2 aromatic rings. The van der Waals surface area contributed by atoms with Gasteiger partial charge in [0.25, 0.3) is 0 Å². The molecule has 1 unspecified atom stereocenters. The zero-order valence-corrected chi connectivity index (χ0v) is 13.9. The highest BCUT2D eigenvalue weighted by atomic mass is 15.3. The average molecular weight is 310 g/mol. The Morgan fingerprint density at radius 2 is 2.17 bits per heavy atom. The molecule has 0 aliphatic carbocycles. The number of aryl methyl sites for hydroxylation is 1. The molecule has 23 heavy (non-hydrogen) atoms. The van der Waals surface area contributed by atoms with Crippen LogP contribution in [0.25, 0.3) is 0 Å². The van der Waals surface area contributed by atoms with E-state index in [1.807, 2.05) is 48.9 Å². The molecule has 1 atom stereocenters. The Bertz CT molecular complexity index is 710. The first kappa shape index (κ1) is 15.5. The van der Waals surface area contributed by atoms with Gasteiger partial charge in [-0.05, 0) is 43.1 Å². The Morgan fingerprint density at radius 1 is 1.35 bits per heavy atom. The summed E-state index contributed by atoms with van der Waals surface area (Å²) < 4.78 is 1.88. The quantitative estimate of drug-likeness (QED) is 0.865. The molecule has 120 valence electrons. The molecule has 0 aromatic carbocycles. The first-order valence-corrected chi connectivity index (χ1v) is 7.89. The SMILES string of the molecule is CN(C)c1ccc(C2CCCN2Cc2cc(C#N)n(C)c2)nn1. The van der Waals surface area contributed by atoms with E-state index in [0.29, 0.717) is 11.7 Å². The van der Waals surface area contributed by atoms with Gasteiger partial charge in [0.1, 0.15) is 11.8 Å². The van der Waals surface area contributed by atoms with Gasteiger partial charge in [-0.3, -0.25) is 4.90 Å². The maximum Gasteiger partial charge on any atom is 0.150 e. The van der Waals surface area contributed by atoms with Crippen LogP contribution in [-0.2, 0) is 13.6 Å². The fourth-order valence-corrected chi connectivity index (χ4v) is 3.17. The van der Waals surface area contributed by atoms with E-state index in [1.165, 1.54) is 12.0 Å². The summed E-state index contributed by atoms with van der Waals surface area (Å²) in [4.78, 5) is 4.38. The maximum atomic E-state index is 9.09. The van der Waals surface area contributed by atoms with Crippen LogP contribution in [0.5, 0.6) is 0 Å². The zero-order valence-electron chi connectivity index (χ0n) is 13.9. The molecule has 6 heteroatoms. The van der Waals surface area contributed by atoms with E-state index in [4.69, 9.17) is 5.26 Å². The van der Waals surface area contributed by atoms with Gasteiger partial charge in [0.2, 0.25) is 0 Å². The van der Waals surface area contributed by atoms with Crippen molar-refractivity contribution in [2.75, 3.05) is 25.5 Å². The Balaban J connectivity index is 1.75. The molecule has 1 fully saturated rings. The van der Waals surface area contributed by atoms with Gasteiger partial charge >= 0.3 is 0 Å². The molecule has 3 rings (SSSR count). The van der Waals surface area contributed by atoms with Gasteiger partial charge in [0.15, 0.2) is 5.82 Å². The number of hydrogen-bond acceptors (Lipinski definition) is 5. The van der Waals surface area contributed by atoms with Crippen LogP contribution in [0.15, 0.2) is 24.4 Å². The van der Waals surface area contributed by atoms with Crippen molar-refractivity contribution in [2.24, 2.45) is 7.05 Å². The summed E-state index contributed by atoms with van der Waals surface area (Å²) >= 11 is 0. The van der Waals surface area contributed by atoms with E-state index in [2.05, 4.69) is 27.2 Å². The molecule has 1 saturated heterocycles. The van der Waals surface area contributed by atoms with Crippen LogP contribution in [0.4, 0.5) is 5.82 Å². The van der Waals surface area contributed by atoms with Crippen molar-refractivity contribution in [1.29, 1.82) is 5.26 Å². The Kier molecular flexibility index (Phi) is 4.30. The number of hydrogen-bond donors (Lipinski definition) is 0. The maximum absolute atomic E-state index is 9.09. The molecule has 3 heterocycles. The lowest BCUT2D eigenvalue weighted by atomic mass is 10.1. The molecule has 1 aliphatic rings. The normalized spacial score (nSPS) is 18.1. The Labute approximate surface area is 137 Å². The molecule has 0 bridgehead atoms. The summed E-state index contributed by atoms with van der Waals surface area (Å²) in [6.45, 7) is 1.90. The third kappa shape index (κ3) is 3.20. The summed E-state index contributed by atoms with van der Waals surface area (Å²) in [6.07, 6.45) is 4.31. The summed E-state index contributed by atoms with van der Waals surface area (Å²) in [5.41, 5.74) is 2.91. The van der Waals surface area contributed by atoms with Crippen molar-refractivity contribution < 1.29 is 0 Å². The highest BCUT2D eigenvalue weighted by Crippen LogP contribution is 2.32. The fourth-order valence-electron chi connectivity index (χ4n) is 3.17. The Morgan fingerprint density at radius 3 is 2.78 bits per heavy atom. The number of rotatable bonds is 4. The van der Waals surface area contributed by atoms with E-state index in [-0.39, 0.29) is 0 Å². The summed E-state index contributed by atoms with van der Waals surface area (Å²) in [7, 11) is 5.84. The van der Waals surface area contributed by atoms with E-state index in [1.54, 1.807) is 0 Å². The second-order valence-electron chi connectivity index (χ2n) is 6.30. The van der Waals surface area contributed by atoms with Crippen LogP contribution in [0, 0.1) is 11.3 Å². The van der Waals surface area contributed by atoms with Gasteiger partial charge in [-0.25, -0.2) is 0 Å². The average Bonchev–Trinajstić information content (AvgIpc) is 3.14. The molecular formula is C17H22N6. The van der Waals surface area contributed by atoms with Crippen molar-refractivity contribution in [3.05, 3.63) is 41.3 Å². The second-order valence-corrected chi connectivity index (χ2v) is 6.30. The molecule has 2 aromatic heterocycles. The molecule has 6 nitrogen and oxygen atoms in total. The van der Waals surface area contributed by atoms with Crippen LogP contribution in [0.1, 0.15) is 35.8 Å². The number of anilines is 1. The minimum absolute atomic E-state index is 0.310. The van der Waals surface area contributed by atoms with Gasteiger partial charge in [0.05, 0.1) is 11.7 Å². The van der Waals surface area contributed by atoms with Crippen LogP contribution < -0.4 is 4.90 Å². The third-order valence-electron chi connectivity index (χ3n) is 4.40. The monoisotopic (exact) mass is 310 g/mol. The van der Waals surface area contributed by atoms with E-state index in [0.717, 1.165) is 31.0 Å². The molecule has 0 spiro atoms. The molecule has 0 amide bonds. The predicted octanol–water partition coefficient (Wildman–Crippen LogP) is 2.09. The van der Waals surface area contributed by atoms with E-state index in [9.17, 15) is 0 Å². The molecule has 1 aliphatic heterocycles. The second kappa shape index (κ2) is 6.39. The fraction of sp³-hybridized carbons (Fsp3) is 0.471. The van der Waals surface area contributed by atoms with Gasteiger partial charge in [-0.2, -0.15) is 10.4 Å². The Hall–Kier alpha value is -2.39. The van der Waals surface area contributed by atoms with E-state index >= 15 is 0 Å². The van der Waals surface area contributed by atoms with Crippen LogP contribution in [0.2, 0.25) is 0 Å². The van der Waals surface area contributed by atoms with Crippen LogP contribution in [0.3, 0.4) is 0 Å². The highest BCUT2D eigenvalue weighted by molar-refractivity contribution is 5.35. The van der Waals surface area contributed by atoms with Gasteiger partial charge < -0.3 is 9.47 Å². The minimum atomic E-state index is 0.310. The van der Waals surface area contributed by atoms with Gasteiger partial charge in [-0.1, -0.05) is 0 Å². The third-order valence-corrected chi connectivity index (χ3v) is 4.40. The smallest absolute Gasteiger partial charge is 0.150 e. The largest absolute Gasteiger partial charge is 0.361 e. The minimum Gasteiger partial charge on any atom is -0.361 e. The van der Waals surface area contributed by atoms with Crippen molar-refractivity contribution >= 4 is 5.82 Å². The molecular weight excluding hydrogens is 288 g/mol. The number of likely N-dealkylation sites (tertiary alicyclic amines) is 1. The molecule has 0 radical (unpaired) electrons. The van der Waals surface area contributed by atoms with Crippen molar-refractivity contribution in [3.63, 3.8) is 0 Å². The van der Waals surface area contributed by atoms with Crippen LogP contribution in [-0.4, -0.2) is 40.3 Å². The zero-order chi connectivity index (χ0) is 16.4. The number of nitriles is 1. The first-order chi connectivity index (χ1) is 11.1. The predicted molar refractivity (Wildman–Crippen MR) is 88.9 cm³/mol.